The molecule has 8 heteroatoms. The first-order valence-corrected chi connectivity index (χ1v) is 7.94. The van der Waals surface area contributed by atoms with E-state index >= 15 is 0 Å². The number of nitro benzene ring substituents is 1. The van der Waals surface area contributed by atoms with Gasteiger partial charge < -0.3 is 0 Å². The van der Waals surface area contributed by atoms with Gasteiger partial charge in [-0.15, -0.1) is 5.10 Å². The van der Waals surface area contributed by atoms with Crippen molar-refractivity contribution in [2.45, 2.75) is 38.5 Å². The van der Waals surface area contributed by atoms with E-state index in [1.54, 1.807) is 17.0 Å². The normalized spacial score (nSPS) is 20.7. The molecule has 0 radical (unpaired) electrons. The number of non-ortho nitro benzene ring substituents is 1. The summed E-state index contributed by atoms with van der Waals surface area (Å²) in [6, 6.07) is 6.12. The highest BCUT2D eigenvalue weighted by Crippen LogP contribution is 2.32. The number of amides is 1. The lowest BCUT2D eigenvalue weighted by atomic mass is 10.1. The second kappa shape index (κ2) is 6.49. The van der Waals surface area contributed by atoms with Crippen molar-refractivity contribution in [2.24, 2.45) is 10.2 Å². The minimum absolute atomic E-state index is 0.00281. The van der Waals surface area contributed by atoms with Gasteiger partial charge in [-0.25, -0.2) is 0 Å². The van der Waals surface area contributed by atoms with Crippen molar-refractivity contribution in [2.75, 3.05) is 0 Å². The lowest BCUT2D eigenvalue weighted by molar-refractivity contribution is -0.384. The van der Waals surface area contributed by atoms with Crippen LogP contribution >= 0.6 is 11.8 Å². The molecule has 1 atom stereocenters. The maximum atomic E-state index is 12.2. The molecule has 7 nitrogen and oxygen atoms in total. The Morgan fingerprint density at radius 3 is 2.70 bits per heavy atom. The van der Waals surface area contributed by atoms with Crippen molar-refractivity contribution >= 4 is 34.7 Å². The Morgan fingerprint density at radius 2 is 2.09 bits per heavy atom. The van der Waals surface area contributed by atoms with Crippen molar-refractivity contribution in [3.8, 4) is 0 Å². The SMILES string of the molecule is CC1SC(=N/N=C/c2cccc([N+](=O)[O-])c2)N(C(C)(C)C)C1=O. The fourth-order valence-electron chi connectivity index (χ4n) is 2.09. The second-order valence-corrected chi connectivity index (χ2v) is 7.39. The van der Waals surface area contributed by atoms with Crippen molar-refractivity contribution in [3.05, 3.63) is 39.9 Å². The molecule has 1 aromatic rings. The molecule has 0 spiro atoms. The highest BCUT2D eigenvalue weighted by atomic mass is 32.2. The molecule has 0 aromatic heterocycles. The summed E-state index contributed by atoms with van der Waals surface area (Å²) in [5, 5.41) is 19.2. The second-order valence-electron chi connectivity index (χ2n) is 6.08. The Morgan fingerprint density at radius 1 is 1.39 bits per heavy atom. The number of nitrogens with zero attached hydrogens (tertiary/aromatic N) is 4. The van der Waals surface area contributed by atoms with Crippen LogP contribution in [0, 0.1) is 10.1 Å². The van der Waals surface area contributed by atoms with Crippen molar-refractivity contribution in [1.29, 1.82) is 0 Å². The highest BCUT2D eigenvalue weighted by Gasteiger charge is 2.41. The van der Waals surface area contributed by atoms with Gasteiger partial charge in [0, 0.05) is 23.2 Å². The van der Waals surface area contributed by atoms with E-state index in [4.69, 9.17) is 0 Å². The average Bonchev–Trinajstić information content (AvgIpc) is 2.74. The molecule has 1 unspecified atom stereocenters. The minimum atomic E-state index is -0.461. The van der Waals surface area contributed by atoms with Crippen molar-refractivity contribution in [3.63, 3.8) is 0 Å². The van der Waals surface area contributed by atoms with E-state index < -0.39 is 4.92 Å². The molecule has 1 aliphatic rings. The number of carbonyl (C=O) groups is 1. The zero-order chi connectivity index (χ0) is 17.2. The summed E-state index contributed by atoms with van der Waals surface area (Å²) in [5.41, 5.74) is 0.194. The first kappa shape index (κ1) is 17.1. The van der Waals surface area contributed by atoms with Crippen LogP contribution in [0.2, 0.25) is 0 Å². The van der Waals surface area contributed by atoms with Gasteiger partial charge in [-0.1, -0.05) is 23.9 Å². The standard InChI is InChI=1S/C15H18N4O3S/c1-10-13(20)18(15(2,3)4)14(23-10)17-16-9-11-6-5-7-12(8-11)19(21)22/h5-10H,1-4H3/b16-9+,17-14?. The monoisotopic (exact) mass is 334 g/mol. The number of hydrogen-bond acceptors (Lipinski definition) is 6. The van der Waals surface area contributed by atoms with Gasteiger partial charge in [-0.3, -0.25) is 19.8 Å². The fraction of sp³-hybridized carbons (Fsp3) is 0.400. The van der Waals surface area contributed by atoms with Gasteiger partial charge in [0.1, 0.15) is 0 Å². The lowest BCUT2D eigenvalue weighted by Crippen LogP contribution is -2.45. The first-order chi connectivity index (χ1) is 10.7. The number of thioether (sulfide) groups is 1. The molecule has 2 rings (SSSR count). The van der Waals surface area contributed by atoms with Crippen LogP contribution in [0.1, 0.15) is 33.3 Å². The molecule has 122 valence electrons. The smallest absolute Gasteiger partial charge is 0.270 e. The zero-order valence-corrected chi connectivity index (χ0v) is 14.2. The van der Waals surface area contributed by atoms with Gasteiger partial charge in [-0.2, -0.15) is 5.10 Å². The van der Waals surface area contributed by atoms with Gasteiger partial charge in [0.05, 0.1) is 16.4 Å². The Hall–Kier alpha value is -2.22. The predicted molar refractivity (Wildman–Crippen MR) is 91.8 cm³/mol. The van der Waals surface area contributed by atoms with Gasteiger partial charge in [0.2, 0.25) is 5.91 Å². The third kappa shape index (κ3) is 3.95. The number of nitro groups is 1. The number of benzene rings is 1. The molecule has 1 saturated heterocycles. The number of carbonyl (C=O) groups excluding carboxylic acids is 1. The number of amidine groups is 1. The van der Waals surface area contributed by atoms with E-state index in [-0.39, 0.29) is 22.4 Å². The maximum Gasteiger partial charge on any atom is 0.270 e. The molecule has 1 heterocycles. The number of hydrogen-bond donors (Lipinski definition) is 0. The van der Waals surface area contributed by atoms with Crippen LogP contribution in [-0.2, 0) is 4.79 Å². The Labute approximate surface area is 138 Å². The van der Waals surface area contributed by atoms with Crippen LogP contribution < -0.4 is 0 Å². The molecule has 0 bridgehead atoms. The summed E-state index contributed by atoms with van der Waals surface area (Å²) in [6.45, 7) is 7.63. The predicted octanol–water partition coefficient (Wildman–Crippen LogP) is 3.05. The summed E-state index contributed by atoms with van der Waals surface area (Å²) < 4.78 is 0. The van der Waals surface area contributed by atoms with Gasteiger partial charge in [0.15, 0.2) is 5.17 Å². The summed E-state index contributed by atoms with van der Waals surface area (Å²) in [4.78, 5) is 24.1. The average molecular weight is 334 g/mol. The quantitative estimate of drug-likeness (QED) is 0.483. The molecule has 1 fully saturated rings. The van der Waals surface area contributed by atoms with Crippen LogP contribution in [0.25, 0.3) is 0 Å². The fourth-order valence-corrected chi connectivity index (χ4v) is 3.17. The summed E-state index contributed by atoms with van der Waals surface area (Å²) in [5.74, 6) is 0.00630. The molecular formula is C15H18N4O3S. The molecule has 0 N–H and O–H groups in total. The summed E-state index contributed by atoms with van der Waals surface area (Å²) in [7, 11) is 0. The van der Waals surface area contributed by atoms with Crippen LogP contribution in [0.4, 0.5) is 5.69 Å². The summed E-state index contributed by atoms with van der Waals surface area (Å²) >= 11 is 1.36. The molecular weight excluding hydrogens is 316 g/mol. The minimum Gasteiger partial charge on any atom is -0.283 e. The van der Waals surface area contributed by atoms with Crippen LogP contribution in [-0.4, -0.2) is 37.9 Å². The largest absolute Gasteiger partial charge is 0.283 e. The lowest BCUT2D eigenvalue weighted by Gasteiger charge is -2.30. The topological polar surface area (TPSA) is 88.2 Å². The van der Waals surface area contributed by atoms with Crippen LogP contribution in [0.15, 0.2) is 34.5 Å². The van der Waals surface area contributed by atoms with E-state index in [0.717, 1.165) is 0 Å². The Kier molecular flexibility index (Phi) is 4.84. The van der Waals surface area contributed by atoms with Crippen LogP contribution in [0.3, 0.4) is 0 Å². The van der Waals surface area contributed by atoms with Gasteiger partial charge >= 0.3 is 0 Å². The highest BCUT2D eigenvalue weighted by molar-refractivity contribution is 8.15. The van der Waals surface area contributed by atoms with Gasteiger partial charge in [0.25, 0.3) is 5.69 Å². The Bertz CT molecular complexity index is 694. The third-order valence-corrected chi connectivity index (χ3v) is 4.17. The van der Waals surface area contributed by atoms with E-state index in [1.807, 2.05) is 27.7 Å². The van der Waals surface area contributed by atoms with Crippen molar-refractivity contribution < 1.29 is 9.72 Å². The molecule has 0 saturated carbocycles. The molecule has 23 heavy (non-hydrogen) atoms. The van der Waals surface area contributed by atoms with Gasteiger partial charge in [-0.05, 0) is 27.7 Å². The molecule has 1 aliphatic heterocycles. The van der Waals surface area contributed by atoms with E-state index in [1.165, 1.54) is 30.1 Å². The molecule has 1 aromatic carbocycles. The Balaban J connectivity index is 2.23. The first-order valence-electron chi connectivity index (χ1n) is 7.06. The van der Waals surface area contributed by atoms with E-state index in [0.29, 0.717) is 10.7 Å². The van der Waals surface area contributed by atoms with E-state index in [9.17, 15) is 14.9 Å². The van der Waals surface area contributed by atoms with E-state index in [2.05, 4.69) is 10.2 Å². The third-order valence-electron chi connectivity index (χ3n) is 3.14. The maximum absolute atomic E-state index is 12.2. The zero-order valence-electron chi connectivity index (χ0n) is 13.4. The van der Waals surface area contributed by atoms with Crippen molar-refractivity contribution in [1.82, 2.24) is 4.90 Å². The molecule has 1 amide bonds. The summed E-state index contributed by atoms with van der Waals surface area (Å²) in [6.07, 6.45) is 1.44. The molecule has 0 aliphatic carbocycles. The number of rotatable bonds is 3. The van der Waals surface area contributed by atoms with Crippen LogP contribution in [0.5, 0.6) is 0 Å².